The first kappa shape index (κ1) is 21.2. The molecule has 0 N–H and O–H groups in total. The molecule has 0 radical (unpaired) electrons. The number of carboxylic acids is 1. The molecule has 1 rings (SSSR count). The summed E-state index contributed by atoms with van der Waals surface area (Å²) in [5.41, 5.74) is 0. The van der Waals surface area contributed by atoms with Gasteiger partial charge in [0.1, 0.15) is 0 Å². The van der Waals surface area contributed by atoms with Crippen LogP contribution in [-0.4, -0.2) is 18.2 Å². The van der Waals surface area contributed by atoms with E-state index in [9.17, 15) is 9.90 Å². The number of carboxylic acid groups (broad SMARTS) is 1. The average molecular weight is 343 g/mol. The number of aliphatic carboxylic acids is 1. The molecule has 1 fully saturated rings. The van der Waals surface area contributed by atoms with Gasteiger partial charge in [0.25, 0.3) is 0 Å². The third-order valence-electron chi connectivity index (χ3n) is 3.90. The molecule has 25 heavy (non-hydrogen) atoms. The Labute approximate surface area is 152 Å². The van der Waals surface area contributed by atoms with Crippen molar-refractivity contribution in [2.45, 2.75) is 70.5 Å². The molecule has 0 aromatic heterocycles. The molecule has 0 aromatic rings. The number of hydrogen-bond acceptors (Lipinski definition) is 3. The molecule has 0 aromatic carbocycles. The molecule has 2 atom stereocenters. The van der Waals surface area contributed by atoms with Crippen molar-refractivity contribution in [3.8, 4) is 0 Å². The van der Waals surface area contributed by atoms with Crippen molar-refractivity contribution in [2.24, 2.45) is 0 Å². The van der Waals surface area contributed by atoms with Crippen LogP contribution in [0, 0.1) is 0 Å². The molecule has 3 nitrogen and oxygen atoms in total. The van der Waals surface area contributed by atoms with Crippen LogP contribution in [0.3, 0.4) is 0 Å². The smallest absolute Gasteiger partial charge is 0.0876 e. The van der Waals surface area contributed by atoms with Crippen molar-refractivity contribution < 1.29 is 14.6 Å². The van der Waals surface area contributed by atoms with Crippen molar-refractivity contribution >= 4 is 5.97 Å². The first-order valence-corrected chi connectivity index (χ1v) is 9.34. The van der Waals surface area contributed by atoms with Crippen LogP contribution in [0.5, 0.6) is 0 Å². The maximum absolute atomic E-state index is 10.2. The highest BCUT2D eigenvalue weighted by molar-refractivity contribution is 5.64. The fourth-order valence-electron chi connectivity index (χ4n) is 2.38. The molecule has 0 saturated carbocycles. The van der Waals surface area contributed by atoms with Crippen molar-refractivity contribution in [3.05, 3.63) is 60.8 Å². The van der Waals surface area contributed by atoms with E-state index in [1.54, 1.807) is 0 Å². The van der Waals surface area contributed by atoms with E-state index in [1.807, 2.05) is 12.2 Å². The molecule has 1 aliphatic rings. The number of ether oxygens (including phenoxy) is 1. The summed E-state index contributed by atoms with van der Waals surface area (Å²) >= 11 is 0. The first-order chi connectivity index (χ1) is 12.2. The van der Waals surface area contributed by atoms with E-state index in [0.717, 1.165) is 38.5 Å². The minimum absolute atomic E-state index is 0.0977. The Balaban J connectivity index is 1.91. The lowest BCUT2D eigenvalue weighted by atomic mass is 10.2. The second-order valence-corrected chi connectivity index (χ2v) is 6.07. The lowest BCUT2D eigenvalue weighted by Crippen LogP contribution is -2.21. The standard InChI is InChI=1S/C22H32O3/c1-2-20-21(25-20)18-16-14-12-10-8-6-4-3-5-7-9-11-13-15-17-19-22(23)24/h3-4,7-10,13-16,20-21H,2,5-6,11-12,17-19H2,1H3,(H,23,24)/p-1/b4-3-,9-7-,10-8-,15-13-,16-14-/t20-,21+/m0/s1. The van der Waals surface area contributed by atoms with Gasteiger partial charge in [0.05, 0.1) is 12.2 Å². The number of rotatable bonds is 14. The third-order valence-corrected chi connectivity index (χ3v) is 3.90. The number of carbonyl (C=O) groups excluding carboxylic acids is 1. The Morgan fingerprint density at radius 2 is 1.28 bits per heavy atom. The predicted octanol–water partition coefficient (Wildman–Crippen LogP) is 4.43. The summed E-state index contributed by atoms with van der Waals surface area (Å²) in [5, 5.41) is 10.2. The van der Waals surface area contributed by atoms with Gasteiger partial charge >= 0.3 is 0 Å². The molecule has 0 amide bonds. The minimum Gasteiger partial charge on any atom is -0.550 e. The summed E-state index contributed by atoms with van der Waals surface area (Å²) in [5.74, 6) is -0.992. The van der Waals surface area contributed by atoms with E-state index in [-0.39, 0.29) is 6.42 Å². The normalized spacial score (nSPS) is 20.8. The Morgan fingerprint density at radius 1 is 0.800 bits per heavy atom. The highest BCUT2D eigenvalue weighted by Crippen LogP contribution is 2.28. The topological polar surface area (TPSA) is 52.7 Å². The van der Waals surface area contributed by atoms with Gasteiger partial charge in [-0.3, -0.25) is 0 Å². The van der Waals surface area contributed by atoms with Gasteiger partial charge in [0, 0.05) is 5.97 Å². The Kier molecular flexibility index (Phi) is 12.3. The second-order valence-electron chi connectivity index (χ2n) is 6.07. The van der Waals surface area contributed by atoms with Gasteiger partial charge in [0.2, 0.25) is 0 Å². The van der Waals surface area contributed by atoms with Crippen LogP contribution in [0.2, 0.25) is 0 Å². The lowest BCUT2D eigenvalue weighted by molar-refractivity contribution is -0.305. The maximum Gasteiger partial charge on any atom is 0.0876 e. The van der Waals surface area contributed by atoms with E-state index in [2.05, 4.69) is 55.5 Å². The third kappa shape index (κ3) is 13.1. The average Bonchev–Trinajstić information content (AvgIpc) is 3.36. The molecule has 138 valence electrons. The van der Waals surface area contributed by atoms with E-state index in [1.165, 1.54) is 0 Å². The maximum atomic E-state index is 10.2. The van der Waals surface area contributed by atoms with Gasteiger partial charge in [-0.05, 0) is 51.4 Å². The van der Waals surface area contributed by atoms with Crippen LogP contribution < -0.4 is 5.11 Å². The Bertz CT molecular complexity index is 497. The summed E-state index contributed by atoms with van der Waals surface area (Å²) in [6.07, 6.45) is 28.7. The largest absolute Gasteiger partial charge is 0.550 e. The number of carbonyl (C=O) groups is 1. The van der Waals surface area contributed by atoms with Crippen molar-refractivity contribution in [1.82, 2.24) is 0 Å². The highest BCUT2D eigenvalue weighted by Gasteiger charge is 2.35. The fraction of sp³-hybridized carbons (Fsp3) is 0.500. The number of epoxide rings is 1. The summed E-state index contributed by atoms with van der Waals surface area (Å²) in [6, 6.07) is 0. The Hall–Kier alpha value is -1.87. The highest BCUT2D eigenvalue weighted by atomic mass is 16.6. The zero-order valence-corrected chi connectivity index (χ0v) is 15.3. The van der Waals surface area contributed by atoms with Gasteiger partial charge in [0.15, 0.2) is 0 Å². The summed E-state index contributed by atoms with van der Waals surface area (Å²) < 4.78 is 5.49. The van der Waals surface area contributed by atoms with Gasteiger partial charge in [-0.15, -0.1) is 0 Å². The van der Waals surface area contributed by atoms with Crippen LogP contribution in [0.1, 0.15) is 58.3 Å². The van der Waals surface area contributed by atoms with Crippen LogP contribution in [-0.2, 0) is 9.53 Å². The lowest BCUT2D eigenvalue weighted by Gasteiger charge is -1.95. The van der Waals surface area contributed by atoms with Crippen LogP contribution >= 0.6 is 0 Å². The molecule has 0 spiro atoms. The first-order valence-electron chi connectivity index (χ1n) is 9.34. The second kappa shape index (κ2) is 14.5. The van der Waals surface area contributed by atoms with Crippen LogP contribution in [0.4, 0.5) is 0 Å². The minimum atomic E-state index is -0.992. The van der Waals surface area contributed by atoms with Crippen molar-refractivity contribution in [2.75, 3.05) is 0 Å². The predicted molar refractivity (Wildman–Crippen MR) is 102 cm³/mol. The molecule has 1 saturated heterocycles. The van der Waals surface area contributed by atoms with Gasteiger partial charge in [-0.2, -0.15) is 0 Å². The molecule has 0 unspecified atom stereocenters. The number of hydrogen-bond donors (Lipinski definition) is 0. The molecule has 0 bridgehead atoms. The van der Waals surface area contributed by atoms with E-state index in [4.69, 9.17) is 4.74 Å². The van der Waals surface area contributed by atoms with Gasteiger partial charge in [-0.1, -0.05) is 67.7 Å². The van der Waals surface area contributed by atoms with E-state index >= 15 is 0 Å². The zero-order chi connectivity index (χ0) is 18.2. The molecule has 0 aliphatic carbocycles. The molecule has 1 aliphatic heterocycles. The van der Waals surface area contributed by atoms with Gasteiger partial charge in [-0.25, -0.2) is 0 Å². The van der Waals surface area contributed by atoms with Crippen LogP contribution in [0.25, 0.3) is 0 Å². The molecule has 1 heterocycles. The van der Waals surface area contributed by atoms with Crippen molar-refractivity contribution in [1.29, 1.82) is 0 Å². The van der Waals surface area contributed by atoms with Gasteiger partial charge < -0.3 is 14.6 Å². The Morgan fingerprint density at radius 3 is 1.72 bits per heavy atom. The molecular weight excluding hydrogens is 312 g/mol. The van der Waals surface area contributed by atoms with E-state index in [0.29, 0.717) is 18.6 Å². The van der Waals surface area contributed by atoms with Crippen molar-refractivity contribution in [3.63, 3.8) is 0 Å². The number of allylic oxidation sites excluding steroid dienone is 9. The molecular formula is C22H31O3-. The quantitative estimate of drug-likeness (QED) is 0.346. The summed E-state index contributed by atoms with van der Waals surface area (Å²) in [6.45, 7) is 2.17. The fourth-order valence-corrected chi connectivity index (χ4v) is 2.38. The van der Waals surface area contributed by atoms with Crippen LogP contribution in [0.15, 0.2) is 60.8 Å². The monoisotopic (exact) mass is 343 g/mol. The summed E-state index contributed by atoms with van der Waals surface area (Å²) in [4.78, 5) is 10.2. The SMILES string of the molecule is CC[C@@H]1O[C@@H]1C/C=C\C/C=C\C/C=C\C/C=C\C/C=C\CCC(=O)[O-]. The zero-order valence-electron chi connectivity index (χ0n) is 15.3. The van der Waals surface area contributed by atoms with E-state index < -0.39 is 5.97 Å². The molecule has 3 heteroatoms. The summed E-state index contributed by atoms with van der Waals surface area (Å²) in [7, 11) is 0.